The van der Waals surface area contributed by atoms with Gasteiger partial charge in [-0.1, -0.05) is 12.1 Å². The van der Waals surface area contributed by atoms with Crippen LogP contribution in [0.4, 0.5) is 0 Å². The predicted molar refractivity (Wildman–Crippen MR) is 82.9 cm³/mol. The quantitative estimate of drug-likeness (QED) is 0.890. The summed E-state index contributed by atoms with van der Waals surface area (Å²) in [6, 6.07) is 5.73. The Morgan fingerprint density at radius 3 is 2.82 bits per heavy atom. The first kappa shape index (κ1) is 13.6. The van der Waals surface area contributed by atoms with Gasteiger partial charge < -0.3 is 19.7 Å². The van der Waals surface area contributed by atoms with E-state index in [-0.39, 0.29) is 5.91 Å². The monoisotopic (exact) mass is 300 g/mol. The van der Waals surface area contributed by atoms with Gasteiger partial charge in [0.05, 0.1) is 12.7 Å². The maximum atomic E-state index is 12.7. The highest BCUT2D eigenvalue weighted by Crippen LogP contribution is 2.36. The number of hydrogen-bond acceptors (Lipinski definition) is 4. The molecule has 0 spiro atoms. The summed E-state index contributed by atoms with van der Waals surface area (Å²) in [6.07, 6.45) is 1.94. The highest BCUT2D eigenvalue weighted by molar-refractivity contribution is 5.99. The van der Waals surface area contributed by atoms with E-state index >= 15 is 0 Å². The van der Waals surface area contributed by atoms with E-state index in [1.54, 1.807) is 7.11 Å². The van der Waals surface area contributed by atoms with Crippen LogP contribution in [-0.4, -0.2) is 50.7 Å². The van der Waals surface area contributed by atoms with E-state index in [1.807, 2.05) is 29.2 Å². The second-order valence-electron chi connectivity index (χ2n) is 6.23. The Morgan fingerprint density at radius 2 is 2.09 bits per heavy atom. The fraction of sp³-hybridized carbons (Fsp3) is 0.471. The van der Waals surface area contributed by atoms with Gasteiger partial charge in [0.15, 0.2) is 11.5 Å². The van der Waals surface area contributed by atoms with E-state index in [4.69, 9.17) is 9.47 Å². The average Bonchev–Trinajstić information content (AvgIpc) is 3.14. The molecule has 1 aromatic carbocycles. The molecule has 3 aliphatic heterocycles. The summed E-state index contributed by atoms with van der Waals surface area (Å²) < 4.78 is 11.1. The summed E-state index contributed by atoms with van der Waals surface area (Å²) in [7, 11) is 1.63. The average molecular weight is 300 g/mol. The molecule has 2 fully saturated rings. The van der Waals surface area contributed by atoms with Gasteiger partial charge in [-0.3, -0.25) is 4.79 Å². The van der Waals surface area contributed by atoms with Gasteiger partial charge in [-0.25, -0.2) is 0 Å². The number of hydrogen-bond donors (Lipinski definition) is 1. The predicted octanol–water partition coefficient (Wildman–Crippen LogP) is 1.15. The van der Waals surface area contributed by atoms with Crippen LogP contribution < -0.4 is 14.8 Å². The van der Waals surface area contributed by atoms with Gasteiger partial charge in [0, 0.05) is 31.7 Å². The molecule has 2 saturated heterocycles. The minimum atomic E-state index is 0.114. The standard InChI is InChI=1S/C17H20N2O3/c1-21-15-4-2-3-11-5-12(10-22-16(11)15)17(20)19-8-13-6-18-7-14(13)9-19/h2-5,13-14,18H,6-10H2,1H3/t13-,14+. The normalized spacial score (nSPS) is 26.0. The molecule has 4 rings (SSSR count). The topological polar surface area (TPSA) is 50.8 Å². The number of fused-ring (bicyclic) bond motifs is 2. The third-order valence-corrected chi connectivity index (χ3v) is 4.88. The van der Waals surface area contributed by atoms with E-state index in [1.165, 1.54) is 0 Å². The third-order valence-electron chi connectivity index (χ3n) is 4.88. The van der Waals surface area contributed by atoms with E-state index in [0.29, 0.717) is 24.2 Å². The lowest BCUT2D eigenvalue weighted by Gasteiger charge is -2.23. The van der Waals surface area contributed by atoms with Crippen LogP contribution in [-0.2, 0) is 4.79 Å². The Balaban J connectivity index is 1.56. The molecule has 0 radical (unpaired) electrons. The van der Waals surface area contributed by atoms with Crippen molar-refractivity contribution >= 4 is 12.0 Å². The SMILES string of the molecule is COc1cccc2c1OCC(C(=O)N1C[C@H]3CNC[C@H]3C1)=C2. The first-order valence-electron chi connectivity index (χ1n) is 7.76. The molecule has 0 saturated carbocycles. The molecule has 5 nitrogen and oxygen atoms in total. The number of amides is 1. The maximum Gasteiger partial charge on any atom is 0.253 e. The van der Waals surface area contributed by atoms with E-state index in [9.17, 15) is 4.79 Å². The second-order valence-corrected chi connectivity index (χ2v) is 6.23. The van der Waals surface area contributed by atoms with Crippen LogP contribution in [0.2, 0.25) is 0 Å². The number of likely N-dealkylation sites (tertiary alicyclic amines) is 1. The molecule has 1 amide bonds. The zero-order valence-electron chi connectivity index (χ0n) is 12.7. The number of para-hydroxylation sites is 1. The number of benzene rings is 1. The lowest BCUT2D eigenvalue weighted by atomic mass is 10.0. The smallest absolute Gasteiger partial charge is 0.253 e. The summed E-state index contributed by atoms with van der Waals surface area (Å²) >= 11 is 0. The molecule has 116 valence electrons. The molecular weight excluding hydrogens is 280 g/mol. The van der Waals surface area contributed by atoms with Crippen molar-refractivity contribution in [2.24, 2.45) is 11.8 Å². The lowest BCUT2D eigenvalue weighted by Crippen LogP contribution is -2.34. The van der Waals surface area contributed by atoms with Crippen molar-refractivity contribution in [1.29, 1.82) is 0 Å². The zero-order chi connectivity index (χ0) is 15.1. The lowest BCUT2D eigenvalue weighted by molar-refractivity contribution is -0.126. The number of carbonyl (C=O) groups is 1. The maximum absolute atomic E-state index is 12.7. The van der Waals surface area contributed by atoms with Crippen molar-refractivity contribution in [3.05, 3.63) is 29.3 Å². The van der Waals surface area contributed by atoms with Gasteiger partial charge in [0.1, 0.15) is 6.61 Å². The number of ether oxygens (including phenoxy) is 2. The fourth-order valence-electron chi connectivity index (χ4n) is 3.69. The Labute approximate surface area is 129 Å². The Morgan fingerprint density at radius 1 is 1.32 bits per heavy atom. The molecule has 5 heteroatoms. The molecule has 1 aromatic rings. The molecule has 2 atom stereocenters. The van der Waals surface area contributed by atoms with Gasteiger partial charge in [-0.05, 0) is 24.0 Å². The summed E-state index contributed by atoms with van der Waals surface area (Å²) in [5.41, 5.74) is 1.64. The van der Waals surface area contributed by atoms with Crippen LogP contribution in [0, 0.1) is 11.8 Å². The Bertz CT molecular complexity index is 629. The number of carbonyl (C=O) groups excluding carboxylic acids is 1. The van der Waals surface area contributed by atoms with Gasteiger partial charge in [0.25, 0.3) is 5.91 Å². The molecule has 0 bridgehead atoms. The molecule has 0 aromatic heterocycles. The van der Waals surface area contributed by atoms with Crippen molar-refractivity contribution < 1.29 is 14.3 Å². The van der Waals surface area contributed by atoms with Crippen molar-refractivity contribution in [1.82, 2.24) is 10.2 Å². The molecule has 0 aliphatic carbocycles. The summed E-state index contributed by atoms with van der Waals surface area (Å²) in [4.78, 5) is 14.7. The van der Waals surface area contributed by atoms with Gasteiger partial charge in [-0.2, -0.15) is 0 Å². The Kier molecular flexibility index (Phi) is 3.30. The van der Waals surface area contributed by atoms with Crippen LogP contribution in [0.15, 0.2) is 23.8 Å². The van der Waals surface area contributed by atoms with Gasteiger partial charge >= 0.3 is 0 Å². The van der Waals surface area contributed by atoms with Crippen LogP contribution >= 0.6 is 0 Å². The third kappa shape index (κ3) is 2.16. The van der Waals surface area contributed by atoms with E-state index in [0.717, 1.165) is 43.1 Å². The summed E-state index contributed by atoms with van der Waals surface area (Å²) in [6.45, 7) is 4.10. The number of rotatable bonds is 2. The largest absolute Gasteiger partial charge is 0.493 e. The van der Waals surface area contributed by atoms with Crippen LogP contribution in [0.5, 0.6) is 11.5 Å². The first-order chi connectivity index (χ1) is 10.8. The fourth-order valence-corrected chi connectivity index (χ4v) is 3.69. The van der Waals surface area contributed by atoms with Crippen molar-refractivity contribution in [3.8, 4) is 11.5 Å². The Hall–Kier alpha value is -2.01. The van der Waals surface area contributed by atoms with E-state index < -0.39 is 0 Å². The number of nitrogens with one attached hydrogen (secondary N) is 1. The van der Waals surface area contributed by atoms with Gasteiger partial charge in [0.2, 0.25) is 0 Å². The minimum absolute atomic E-state index is 0.114. The van der Waals surface area contributed by atoms with Crippen molar-refractivity contribution in [2.45, 2.75) is 0 Å². The summed E-state index contributed by atoms with van der Waals surface area (Å²) in [5.74, 6) is 2.77. The van der Waals surface area contributed by atoms with Crippen LogP contribution in [0.1, 0.15) is 5.56 Å². The van der Waals surface area contributed by atoms with E-state index in [2.05, 4.69) is 5.32 Å². The minimum Gasteiger partial charge on any atom is -0.493 e. The molecule has 0 unspecified atom stereocenters. The first-order valence-corrected chi connectivity index (χ1v) is 7.76. The highest BCUT2D eigenvalue weighted by Gasteiger charge is 2.39. The number of methoxy groups -OCH3 is 1. The molecule has 1 N–H and O–H groups in total. The number of nitrogens with zero attached hydrogens (tertiary/aromatic N) is 1. The highest BCUT2D eigenvalue weighted by atomic mass is 16.5. The summed E-state index contributed by atoms with van der Waals surface area (Å²) in [5, 5.41) is 3.40. The molecular formula is C17H20N2O3. The second kappa shape index (κ2) is 5.32. The molecule has 3 heterocycles. The van der Waals surface area contributed by atoms with Crippen molar-refractivity contribution in [2.75, 3.05) is 39.9 Å². The van der Waals surface area contributed by atoms with Crippen LogP contribution in [0.25, 0.3) is 6.08 Å². The van der Waals surface area contributed by atoms with Crippen molar-refractivity contribution in [3.63, 3.8) is 0 Å². The van der Waals surface area contributed by atoms with Crippen LogP contribution in [0.3, 0.4) is 0 Å². The van der Waals surface area contributed by atoms with Gasteiger partial charge in [-0.15, -0.1) is 0 Å². The molecule has 22 heavy (non-hydrogen) atoms. The molecule has 3 aliphatic rings. The zero-order valence-corrected chi connectivity index (χ0v) is 12.7.